The Balaban J connectivity index is 1.91. The molecule has 1 aromatic rings. The average Bonchev–Trinajstić information content (AvgIpc) is 2.77. The molecule has 1 aliphatic rings. The van der Waals surface area contributed by atoms with E-state index in [0.29, 0.717) is 6.42 Å². The molecule has 1 saturated heterocycles. The molecule has 0 amide bonds. The minimum atomic E-state index is 0.189. The number of Topliss-reactive ketones (excluding diaryl/α,β-unsaturated/α-hetero) is 1. The minimum Gasteiger partial charge on any atom is -0.316 e. The van der Waals surface area contributed by atoms with E-state index in [1.54, 1.807) is 18.3 Å². The number of rotatable bonds is 4. The van der Waals surface area contributed by atoms with Crippen LogP contribution in [0, 0.1) is 5.92 Å². The summed E-state index contributed by atoms with van der Waals surface area (Å²) >= 11 is 1.69. The third-order valence-electron chi connectivity index (χ3n) is 2.66. The van der Waals surface area contributed by atoms with Crippen LogP contribution in [0.25, 0.3) is 0 Å². The first-order chi connectivity index (χ1) is 7.24. The number of ketones is 1. The van der Waals surface area contributed by atoms with Crippen molar-refractivity contribution >= 4 is 17.1 Å². The van der Waals surface area contributed by atoms with Crippen molar-refractivity contribution in [2.24, 2.45) is 5.92 Å². The van der Waals surface area contributed by atoms with Gasteiger partial charge in [-0.3, -0.25) is 4.79 Å². The number of nitrogens with zero attached hydrogens (tertiary/aromatic N) is 1. The molecule has 1 unspecified atom stereocenters. The van der Waals surface area contributed by atoms with E-state index in [0.717, 1.165) is 31.1 Å². The Morgan fingerprint density at radius 1 is 1.73 bits per heavy atom. The number of aromatic nitrogens is 1. The summed E-state index contributed by atoms with van der Waals surface area (Å²) in [7, 11) is 0. The summed E-state index contributed by atoms with van der Waals surface area (Å²) in [6.07, 6.45) is 2.80. The van der Waals surface area contributed by atoms with Crippen LogP contribution in [0.15, 0.2) is 5.38 Å². The Morgan fingerprint density at radius 3 is 3.27 bits per heavy atom. The number of carbonyl (C=O) groups is 1. The lowest BCUT2D eigenvalue weighted by Crippen LogP contribution is -2.10. The smallest absolute Gasteiger partial charge is 0.135 e. The highest BCUT2D eigenvalue weighted by Gasteiger charge is 2.16. The first-order valence-electron chi connectivity index (χ1n) is 5.37. The zero-order chi connectivity index (χ0) is 10.7. The number of hydrogen-bond acceptors (Lipinski definition) is 4. The molecule has 0 aromatic carbocycles. The summed E-state index contributed by atoms with van der Waals surface area (Å²) in [5.41, 5.74) is 0.938. The van der Waals surface area contributed by atoms with Crippen LogP contribution in [-0.4, -0.2) is 23.9 Å². The maximum Gasteiger partial charge on any atom is 0.135 e. The van der Waals surface area contributed by atoms with Crippen LogP contribution in [0.1, 0.15) is 24.0 Å². The van der Waals surface area contributed by atoms with Gasteiger partial charge in [0, 0.05) is 18.2 Å². The summed E-state index contributed by atoms with van der Waals surface area (Å²) in [4.78, 5) is 15.4. The fraction of sp³-hybridized carbons (Fsp3) is 0.636. The molecule has 1 fully saturated rings. The molecule has 3 nitrogen and oxygen atoms in total. The molecule has 1 aliphatic heterocycles. The van der Waals surface area contributed by atoms with Gasteiger partial charge in [-0.05, 0) is 32.4 Å². The van der Waals surface area contributed by atoms with Crippen LogP contribution in [0.3, 0.4) is 0 Å². The zero-order valence-corrected chi connectivity index (χ0v) is 9.77. The topological polar surface area (TPSA) is 42.0 Å². The molecule has 82 valence electrons. The molecule has 0 radical (unpaired) electrons. The maximum atomic E-state index is 10.9. The monoisotopic (exact) mass is 224 g/mol. The van der Waals surface area contributed by atoms with E-state index in [1.165, 1.54) is 11.4 Å². The van der Waals surface area contributed by atoms with Gasteiger partial charge in [-0.1, -0.05) is 0 Å². The van der Waals surface area contributed by atoms with E-state index in [2.05, 4.69) is 10.3 Å². The van der Waals surface area contributed by atoms with Crippen LogP contribution in [0.5, 0.6) is 0 Å². The van der Waals surface area contributed by atoms with Gasteiger partial charge in [0.15, 0.2) is 0 Å². The second kappa shape index (κ2) is 4.86. The van der Waals surface area contributed by atoms with Crippen molar-refractivity contribution < 1.29 is 4.79 Å². The first kappa shape index (κ1) is 10.8. The van der Waals surface area contributed by atoms with Gasteiger partial charge in [0.2, 0.25) is 0 Å². The normalized spacial score (nSPS) is 20.7. The molecular formula is C11H16N2OS. The third-order valence-corrected chi connectivity index (χ3v) is 3.58. The Labute approximate surface area is 93.9 Å². The van der Waals surface area contributed by atoms with Crippen LogP contribution >= 0.6 is 11.3 Å². The van der Waals surface area contributed by atoms with E-state index >= 15 is 0 Å². The summed E-state index contributed by atoms with van der Waals surface area (Å²) in [6, 6.07) is 0. The van der Waals surface area contributed by atoms with E-state index in [4.69, 9.17) is 0 Å². The SMILES string of the molecule is CC(=O)Cc1csc(CC2CCNC2)n1. The second-order valence-electron chi connectivity index (χ2n) is 4.17. The molecule has 15 heavy (non-hydrogen) atoms. The lowest BCUT2D eigenvalue weighted by atomic mass is 10.1. The van der Waals surface area contributed by atoms with Crippen molar-refractivity contribution in [3.05, 3.63) is 16.1 Å². The Kier molecular flexibility index (Phi) is 3.49. The van der Waals surface area contributed by atoms with Crippen molar-refractivity contribution in [1.29, 1.82) is 0 Å². The molecule has 0 saturated carbocycles. The van der Waals surface area contributed by atoms with Crippen molar-refractivity contribution in [2.45, 2.75) is 26.2 Å². The average molecular weight is 224 g/mol. The van der Waals surface area contributed by atoms with Crippen LogP contribution in [-0.2, 0) is 17.6 Å². The van der Waals surface area contributed by atoms with Crippen LogP contribution in [0.2, 0.25) is 0 Å². The number of carbonyl (C=O) groups excluding carboxylic acids is 1. The molecule has 1 N–H and O–H groups in total. The van der Waals surface area contributed by atoms with E-state index < -0.39 is 0 Å². The molecule has 4 heteroatoms. The lowest BCUT2D eigenvalue weighted by Gasteiger charge is -2.03. The fourth-order valence-electron chi connectivity index (χ4n) is 1.91. The number of thiazole rings is 1. The largest absolute Gasteiger partial charge is 0.316 e. The molecule has 1 aromatic heterocycles. The maximum absolute atomic E-state index is 10.9. The summed E-state index contributed by atoms with van der Waals surface area (Å²) < 4.78 is 0. The summed E-state index contributed by atoms with van der Waals surface area (Å²) in [6.45, 7) is 3.86. The molecule has 0 bridgehead atoms. The van der Waals surface area contributed by atoms with Gasteiger partial charge in [0.25, 0.3) is 0 Å². The molecule has 1 atom stereocenters. The minimum absolute atomic E-state index is 0.189. The summed E-state index contributed by atoms with van der Waals surface area (Å²) in [5, 5.41) is 6.55. The predicted octanol–water partition coefficient (Wildman–Crippen LogP) is 1.43. The van der Waals surface area contributed by atoms with Crippen LogP contribution in [0.4, 0.5) is 0 Å². The quantitative estimate of drug-likeness (QED) is 0.841. The van der Waals surface area contributed by atoms with Gasteiger partial charge in [-0.2, -0.15) is 0 Å². The Hall–Kier alpha value is -0.740. The standard InChI is InChI=1S/C11H16N2OS/c1-8(14)4-10-7-15-11(13-10)5-9-2-3-12-6-9/h7,9,12H,2-6H2,1H3. The van der Waals surface area contributed by atoms with Gasteiger partial charge < -0.3 is 5.32 Å². The molecule has 0 spiro atoms. The molecular weight excluding hydrogens is 208 g/mol. The van der Waals surface area contributed by atoms with Gasteiger partial charge >= 0.3 is 0 Å². The van der Waals surface area contributed by atoms with Gasteiger partial charge in [-0.25, -0.2) is 4.98 Å². The Bertz CT molecular complexity index is 342. The van der Waals surface area contributed by atoms with E-state index in [1.807, 2.05) is 5.38 Å². The highest BCUT2D eigenvalue weighted by Crippen LogP contribution is 2.18. The fourth-order valence-corrected chi connectivity index (χ4v) is 2.82. The molecule has 2 heterocycles. The van der Waals surface area contributed by atoms with Gasteiger partial charge in [0.05, 0.1) is 10.7 Å². The summed E-state index contributed by atoms with van der Waals surface area (Å²) in [5.74, 6) is 0.927. The zero-order valence-electron chi connectivity index (χ0n) is 8.95. The Morgan fingerprint density at radius 2 is 2.60 bits per heavy atom. The van der Waals surface area contributed by atoms with Crippen molar-refractivity contribution in [3.8, 4) is 0 Å². The second-order valence-corrected chi connectivity index (χ2v) is 5.12. The highest BCUT2D eigenvalue weighted by molar-refractivity contribution is 7.09. The third kappa shape index (κ3) is 3.11. The van der Waals surface area contributed by atoms with E-state index in [-0.39, 0.29) is 5.78 Å². The number of nitrogens with one attached hydrogen (secondary N) is 1. The predicted molar refractivity (Wildman–Crippen MR) is 61.2 cm³/mol. The van der Waals surface area contributed by atoms with Gasteiger partial charge in [-0.15, -0.1) is 11.3 Å². The van der Waals surface area contributed by atoms with E-state index in [9.17, 15) is 4.79 Å². The molecule has 2 rings (SSSR count). The van der Waals surface area contributed by atoms with Crippen molar-refractivity contribution in [3.63, 3.8) is 0 Å². The van der Waals surface area contributed by atoms with Crippen molar-refractivity contribution in [2.75, 3.05) is 13.1 Å². The lowest BCUT2D eigenvalue weighted by molar-refractivity contribution is -0.116. The number of hydrogen-bond donors (Lipinski definition) is 1. The van der Waals surface area contributed by atoms with Crippen LogP contribution < -0.4 is 5.32 Å². The highest BCUT2D eigenvalue weighted by atomic mass is 32.1. The van der Waals surface area contributed by atoms with Crippen molar-refractivity contribution in [1.82, 2.24) is 10.3 Å². The van der Waals surface area contributed by atoms with Gasteiger partial charge in [0.1, 0.15) is 5.78 Å². The molecule has 0 aliphatic carbocycles. The first-order valence-corrected chi connectivity index (χ1v) is 6.25.